The first-order valence-corrected chi connectivity index (χ1v) is 7.16. The van der Waals surface area contributed by atoms with Gasteiger partial charge in [-0.05, 0) is 50.6 Å². The molecular formula is C16H18ClFN2O. The highest BCUT2D eigenvalue weighted by Gasteiger charge is 2.09. The van der Waals surface area contributed by atoms with Gasteiger partial charge in [-0.15, -0.1) is 0 Å². The number of hydrogen-bond acceptors (Lipinski definition) is 3. The predicted molar refractivity (Wildman–Crippen MR) is 83.4 cm³/mol. The van der Waals surface area contributed by atoms with Crippen molar-refractivity contribution in [2.75, 3.05) is 5.32 Å². The molecule has 1 N–H and O–H groups in total. The standard InChI is InChI=1S/C16H18ClFN2O/c1-10(2)21-16-5-4-14(7-15(16)17)20-11(3)12-6-13(18)9-19-8-12/h4-11,20H,1-3H3. The number of rotatable bonds is 5. The lowest BCUT2D eigenvalue weighted by molar-refractivity contribution is 0.242. The Morgan fingerprint density at radius 1 is 1.19 bits per heavy atom. The van der Waals surface area contributed by atoms with Gasteiger partial charge < -0.3 is 10.1 Å². The Hall–Kier alpha value is -1.81. The van der Waals surface area contributed by atoms with Gasteiger partial charge >= 0.3 is 0 Å². The monoisotopic (exact) mass is 308 g/mol. The smallest absolute Gasteiger partial charge is 0.141 e. The second-order valence-electron chi connectivity index (χ2n) is 5.11. The molecule has 1 heterocycles. The molecule has 112 valence electrons. The summed E-state index contributed by atoms with van der Waals surface area (Å²) in [5.41, 5.74) is 1.61. The lowest BCUT2D eigenvalue weighted by atomic mass is 10.1. The van der Waals surface area contributed by atoms with Crippen LogP contribution in [-0.2, 0) is 0 Å². The number of ether oxygens (including phenoxy) is 1. The predicted octanol–water partition coefficient (Wildman–Crippen LogP) is 4.83. The van der Waals surface area contributed by atoms with E-state index in [1.807, 2.05) is 32.9 Å². The SMILES string of the molecule is CC(C)Oc1ccc(NC(C)c2cncc(F)c2)cc1Cl. The van der Waals surface area contributed by atoms with Gasteiger partial charge in [0.15, 0.2) is 0 Å². The molecule has 0 saturated heterocycles. The Kier molecular flexibility index (Phi) is 5.02. The molecule has 21 heavy (non-hydrogen) atoms. The zero-order chi connectivity index (χ0) is 15.4. The molecule has 2 aromatic rings. The molecule has 1 aromatic heterocycles. The molecule has 5 heteroatoms. The zero-order valence-corrected chi connectivity index (χ0v) is 13.0. The molecule has 1 unspecified atom stereocenters. The van der Waals surface area contributed by atoms with E-state index in [-0.39, 0.29) is 18.0 Å². The molecule has 0 radical (unpaired) electrons. The van der Waals surface area contributed by atoms with E-state index in [9.17, 15) is 4.39 Å². The summed E-state index contributed by atoms with van der Waals surface area (Å²) in [4.78, 5) is 3.85. The largest absolute Gasteiger partial charge is 0.489 e. The Bertz CT molecular complexity index is 619. The van der Waals surface area contributed by atoms with E-state index in [0.29, 0.717) is 10.8 Å². The fraction of sp³-hybridized carbons (Fsp3) is 0.312. The third kappa shape index (κ3) is 4.33. The van der Waals surface area contributed by atoms with Crippen LogP contribution in [0.15, 0.2) is 36.7 Å². The van der Waals surface area contributed by atoms with Crippen LogP contribution in [0.2, 0.25) is 5.02 Å². The van der Waals surface area contributed by atoms with Crippen molar-refractivity contribution in [3.05, 3.63) is 53.1 Å². The highest BCUT2D eigenvalue weighted by molar-refractivity contribution is 6.32. The lowest BCUT2D eigenvalue weighted by Crippen LogP contribution is -2.08. The van der Waals surface area contributed by atoms with Gasteiger partial charge in [0.2, 0.25) is 0 Å². The van der Waals surface area contributed by atoms with Gasteiger partial charge in [0.05, 0.1) is 23.4 Å². The van der Waals surface area contributed by atoms with Gasteiger partial charge in [-0.25, -0.2) is 4.39 Å². The van der Waals surface area contributed by atoms with Gasteiger partial charge in [-0.2, -0.15) is 0 Å². The van der Waals surface area contributed by atoms with Crippen molar-refractivity contribution in [1.29, 1.82) is 0 Å². The average Bonchev–Trinajstić information content (AvgIpc) is 2.41. The molecule has 0 saturated carbocycles. The van der Waals surface area contributed by atoms with Gasteiger partial charge in [0.25, 0.3) is 0 Å². The maximum absolute atomic E-state index is 13.2. The number of halogens is 2. The first kappa shape index (κ1) is 15.6. The molecule has 3 nitrogen and oxygen atoms in total. The highest BCUT2D eigenvalue weighted by Crippen LogP contribution is 2.30. The fourth-order valence-electron chi connectivity index (χ4n) is 1.94. The number of benzene rings is 1. The van der Waals surface area contributed by atoms with E-state index in [2.05, 4.69) is 10.3 Å². The van der Waals surface area contributed by atoms with Gasteiger partial charge in [0.1, 0.15) is 11.6 Å². The second kappa shape index (κ2) is 6.76. The fourth-order valence-corrected chi connectivity index (χ4v) is 2.16. The van der Waals surface area contributed by atoms with Crippen LogP contribution in [0.4, 0.5) is 10.1 Å². The summed E-state index contributed by atoms with van der Waals surface area (Å²) in [7, 11) is 0. The third-order valence-electron chi connectivity index (χ3n) is 2.90. The maximum atomic E-state index is 13.2. The molecule has 0 fully saturated rings. The maximum Gasteiger partial charge on any atom is 0.141 e. The van der Waals surface area contributed by atoms with Crippen LogP contribution in [-0.4, -0.2) is 11.1 Å². The van der Waals surface area contributed by atoms with Crippen molar-refractivity contribution in [3.63, 3.8) is 0 Å². The van der Waals surface area contributed by atoms with Crippen molar-refractivity contribution in [2.24, 2.45) is 0 Å². The van der Waals surface area contributed by atoms with Crippen molar-refractivity contribution >= 4 is 17.3 Å². The van der Waals surface area contributed by atoms with Gasteiger partial charge in [-0.1, -0.05) is 11.6 Å². The number of pyridine rings is 1. The Morgan fingerprint density at radius 3 is 2.57 bits per heavy atom. The van der Waals surface area contributed by atoms with E-state index in [0.717, 1.165) is 11.3 Å². The summed E-state index contributed by atoms with van der Waals surface area (Å²) in [6.07, 6.45) is 2.89. The van der Waals surface area contributed by atoms with E-state index >= 15 is 0 Å². The number of anilines is 1. The molecule has 0 aliphatic heterocycles. The third-order valence-corrected chi connectivity index (χ3v) is 3.20. The molecule has 0 amide bonds. The molecule has 0 spiro atoms. The highest BCUT2D eigenvalue weighted by atomic mass is 35.5. The molecule has 0 aliphatic rings. The van der Waals surface area contributed by atoms with Crippen molar-refractivity contribution in [1.82, 2.24) is 4.98 Å². The van der Waals surface area contributed by atoms with Crippen molar-refractivity contribution in [2.45, 2.75) is 32.9 Å². The number of hydrogen-bond donors (Lipinski definition) is 1. The van der Waals surface area contributed by atoms with Crippen LogP contribution in [0, 0.1) is 5.82 Å². The lowest BCUT2D eigenvalue weighted by Gasteiger charge is -2.17. The van der Waals surface area contributed by atoms with Crippen LogP contribution in [0.5, 0.6) is 5.75 Å². The summed E-state index contributed by atoms with van der Waals surface area (Å²) >= 11 is 6.19. The van der Waals surface area contributed by atoms with Crippen LogP contribution in [0.1, 0.15) is 32.4 Å². The number of aromatic nitrogens is 1. The summed E-state index contributed by atoms with van der Waals surface area (Å²) < 4.78 is 18.8. The minimum absolute atomic E-state index is 0.0681. The Morgan fingerprint density at radius 2 is 1.95 bits per heavy atom. The minimum atomic E-state index is -0.347. The van der Waals surface area contributed by atoms with Gasteiger partial charge in [-0.3, -0.25) is 4.98 Å². The van der Waals surface area contributed by atoms with E-state index in [1.54, 1.807) is 12.3 Å². The minimum Gasteiger partial charge on any atom is -0.489 e. The average molecular weight is 309 g/mol. The quantitative estimate of drug-likeness (QED) is 0.858. The van der Waals surface area contributed by atoms with Crippen LogP contribution >= 0.6 is 11.6 Å². The summed E-state index contributed by atoms with van der Waals surface area (Å²) in [6, 6.07) is 6.88. The first-order valence-electron chi connectivity index (χ1n) is 6.79. The first-order chi connectivity index (χ1) is 9.95. The molecule has 0 aliphatic carbocycles. The normalized spacial score (nSPS) is 12.3. The zero-order valence-electron chi connectivity index (χ0n) is 12.2. The molecule has 0 bridgehead atoms. The Balaban J connectivity index is 2.11. The summed E-state index contributed by atoms with van der Waals surface area (Å²) in [5.74, 6) is 0.303. The summed E-state index contributed by atoms with van der Waals surface area (Å²) in [6.45, 7) is 5.83. The van der Waals surface area contributed by atoms with Crippen molar-refractivity contribution in [3.8, 4) is 5.75 Å². The topological polar surface area (TPSA) is 34.1 Å². The van der Waals surface area contributed by atoms with Crippen LogP contribution in [0.25, 0.3) is 0 Å². The Labute approximate surface area is 129 Å². The van der Waals surface area contributed by atoms with Gasteiger partial charge in [0, 0.05) is 11.9 Å². The van der Waals surface area contributed by atoms with Crippen molar-refractivity contribution < 1.29 is 9.13 Å². The van der Waals surface area contributed by atoms with E-state index in [1.165, 1.54) is 12.3 Å². The van der Waals surface area contributed by atoms with Crippen LogP contribution in [0.3, 0.4) is 0 Å². The molecule has 1 atom stereocenters. The number of nitrogens with zero attached hydrogens (tertiary/aromatic N) is 1. The number of nitrogens with one attached hydrogen (secondary N) is 1. The second-order valence-corrected chi connectivity index (χ2v) is 5.52. The molecular weight excluding hydrogens is 291 g/mol. The van der Waals surface area contributed by atoms with Crippen LogP contribution < -0.4 is 10.1 Å². The molecule has 1 aromatic carbocycles. The van der Waals surface area contributed by atoms with E-state index < -0.39 is 0 Å². The molecule has 2 rings (SSSR count). The van der Waals surface area contributed by atoms with E-state index in [4.69, 9.17) is 16.3 Å². The summed E-state index contributed by atoms with van der Waals surface area (Å²) in [5, 5.41) is 3.80.